The number of rotatable bonds is 5. The van der Waals surface area contributed by atoms with Crippen molar-refractivity contribution in [3.05, 3.63) is 0 Å². The highest BCUT2D eigenvalue weighted by Gasteiger charge is 2.49. The van der Waals surface area contributed by atoms with Crippen molar-refractivity contribution in [1.82, 2.24) is 10.2 Å². The molecule has 2 aliphatic carbocycles. The number of amides is 1. The summed E-state index contributed by atoms with van der Waals surface area (Å²) >= 11 is 0. The summed E-state index contributed by atoms with van der Waals surface area (Å²) in [5, 5.41) is 3.41. The first kappa shape index (κ1) is 12.5. The molecule has 3 nitrogen and oxygen atoms in total. The highest BCUT2D eigenvalue weighted by molar-refractivity contribution is 5.84. The number of carbonyl (C=O) groups is 1. The lowest BCUT2D eigenvalue weighted by Crippen LogP contribution is -2.49. The fraction of sp³-hybridized carbons (Fsp3) is 0.933. The second-order valence-electron chi connectivity index (χ2n) is 6.87. The van der Waals surface area contributed by atoms with Crippen LogP contribution in [-0.2, 0) is 4.79 Å². The van der Waals surface area contributed by atoms with Gasteiger partial charge < -0.3 is 10.2 Å². The number of hydrogen-bond acceptors (Lipinski definition) is 2. The predicted molar refractivity (Wildman–Crippen MR) is 72.2 cm³/mol. The number of nitrogens with one attached hydrogen (secondary N) is 1. The molecule has 1 unspecified atom stereocenters. The maximum absolute atomic E-state index is 13.0. The molecular formula is C15H26N2O. The van der Waals surface area contributed by atoms with Gasteiger partial charge in [0.1, 0.15) is 0 Å². The highest BCUT2D eigenvalue weighted by atomic mass is 16.2. The monoisotopic (exact) mass is 250 g/mol. The summed E-state index contributed by atoms with van der Waals surface area (Å²) in [6.45, 7) is 7.36. The SMILES string of the molecule is CC(C)C1(C(=O)N(CC2CC2)C2CC2)CCNC1. The third-order valence-electron chi connectivity index (χ3n) is 5.12. The first-order chi connectivity index (χ1) is 8.63. The molecule has 0 spiro atoms. The van der Waals surface area contributed by atoms with E-state index in [0.29, 0.717) is 17.9 Å². The van der Waals surface area contributed by atoms with E-state index in [2.05, 4.69) is 24.1 Å². The second-order valence-corrected chi connectivity index (χ2v) is 6.87. The normalized spacial score (nSPS) is 31.9. The average Bonchev–Trinajstić information content (AvgIpc) is 3.25. The lowest BCUT2D eigenvalue weighted by Gasteiger charge is -2.37. The fourth-order valence-electron chi connectivity index (χ4n) is 3.28. The molecule has 0 aromatic heterocycles. The van der Waals surface area contributed by atoms with E-state index in [4.69, 9.17) is 0 Å². The minimum absolute atomic E-state index is 0.114. The predicted octanol–water partition coefficient (Wildman–Crippen LogP) is 2.02. The molecule has 102 valence electrons. The molecule has 2 saturated carbocycles. The summed E-state index contributed by atoms with van der Waals surface area (Å²) in [5.41, 5.74) is -0.114. The Balaban J connectivity index is 1.76. The van der Waals surface area contributed by atoms with Gasteiger partial charge in [-0.05, 0) is 50.5 Å². The van der Waals surface area contributed by atoms with Crippen LogP contribution in [0.15, 0.2) is 0 Å². The summed E-state index contributed by atoms with van der Waals surface area (Å²) in [4.78, 5) is 15.3. The molecule has 3 heteroatoms. The van der Waals surface area contributed by atoms with Gasteiger partial charge in [-0.25, -0.2) is 0 Å². The Bertz CT molecular complexity index is 325. The Kier molecular flexibility index (Phi) is 3.13. The molecule has 1 N–H and O–H groups in total. The van der Waals surface area contributed by atoms with Gasteiger partial charge in [-0.3, -0.25) is 4.79 Å². The van der Waals surface area contributed by atoms with E-state index in [9.17, 15) is 4.79 Å². The second kappa shape index (κ2) is 4.52. The fourth-order valence-corrected chi connectivity index (χ4v) is 3.28. The van der Waals surface area contributed by atoms with Gasteiger partial charge in [0.2, 0.25) is 5.91 Å². The van der Waals surface area contributed by atoms with E-state index in [0.717, 1.165) is 32.0 Å². The van der Waals surface area contributed by atoms with Gasteiger partial charge in [-0.1, -0.05) is 13.8 Å². The Hall–Kier alpha value is -0.570. The van der Waals surface area contributed by atoms with Crippen LogP contribution in [-0.4, -0.2) is 36.5 Å². The van der Waals surface area contributed by atoms with Crippen molar-refractivity contribution in [1.29, 1.82) is 0 Å². The van der Waals surface area contributed by atoms with Crippen LogP contribution in [0.25, 0.3) is 0 Å². The summed E-state index contributed by atoms with van der Waals surface area (Å²) in [7, 11) is 0. The third-order valence-corrected chi connectivity index (χ3v) is 5.12. The smallest absolute Gasteiger partial charge is 0.230 e. The summed E-state index contributed by atoms with van der Waals surface area (Å²) in [5.74, 6) is 1.71. The molecule has 0 aromatic carbocycles. The molecule has 1 atom stereocenters. The first-order valence-electron chi connectivity index (χ1n) is 7.65. The van der Waals surface area contributed by atoms with Crippen LogP contribution >= 0.6 is 0 Å². The molecule has 1 saturated heterocycles. The van der Waals surface area contributed by atoms with Crippen molar-refractivity contribution >= 4 is 5.91 Å². The third kappa shape index (κ3) is 2.18. The molecule has 0 aromatic rings. The van der Waals surface area contributed by atoms with Crippen molar-refractivity contribution in [2.75, 3.05) is 19.6 Å². The highest BCUT2D eigenvalue weighted by Crippen LogP contribution is 2.41. The van der Waals surface area contributed by atoms with Crippen LogP contribution in [0.1, 0.15) is 46.0 Å². The summed E-state index contributed by atoms with van der Waals surface area (Å²) < 4.78 is 0. The van der Waals surface area contributed by atoms with Gasteiger partial charge >= 0.3 is 0 Å². The first-order valence-corrected chi connectivity index (χ1v) is 7.65. The molecule has 0 radical (unpaired) electrons. The van der Waals surface area contributed by atoms with Crippen LogP contribution in [0.3, 0.4) is 0 Å². The van der Waals surface area contributed by atoms with E-state index >= 15 is 0 Å². The van der Waals surface area contributed by atoms with E-state index in [-0.39, 0.29) is 5.41 Å². The Morgan fingerprint density at radius 2 is 2.06 bits per heavy atom. The maximum atomic E-state index is 13.0. The molecule has 0 bridgehead atoms. The summed E-state index contributed by atoms with van der Waals surface area (Å²) in [6.07, 6.45) is 6.17. The van der Waals surface area contributed by atoms with Gasteiger partial charge in [0.15, 0.2) is 0 Å². The van der Waals surface area contributed by atoms with E-state index < -0.39 is 0 Å². The van der Waals surface area contributed by atoms with E-state index in [1.165, 1.54) is 25.7 Å². The maximum Gasteiger partial charge on any atom is 0.230 e. The lowest BCUT2D eigenvalue weighted by atomic mass is 9.75. The van der Waals surface area contributed by atoms with Crippen molar-refractivity contribution < 1.29 is 4.79 Å². The zero-order chi connectivity index (χ0) is 12.8. The average molecular weight is 250 g/mol. The van der Waals surface area contributed by atoms with Gasteiger partial charge in [0.05, 0.1) is 5.41 Å². The standard InChI is InChI=1S/C15H26N2O/c1-11(2)15(7-8-16-10-15)14(18)17(13-5-6-13)9-12-3-4-12/h11-13,16H,3-10H2,1-2H3. The zero-order valence-electron chi connectivity index (χ0n) is 11.7. The van der Waals surface area contributed by atoms with Crippen molar-refractivity contribution in [2.45, 2.75) is 52.0 Å². The molecule has 3 rings (SSSR count). The van der Waals surface area contributed by atoms with Crippen LogP contribution < -0.4 is 5.32 Å². The van der Waals surface area contributed by atoms with Crippen LogP contribution in [0, 0.1) is 17.3 Å². The topological polar surface area (TPSA) is 32.3 Å². The van der Waals surface area contributed by atoms with Crippen LogP contribution in [0.4, 0.5) is 0 Å². The zero-order valence-corrected chi connectivity index (χ0v) is 11.7. The Labute approximate surface area is 110 Å². The van der Waals surface area contributed by atoms with Crippen LogP contribution in [0.2, 0.25) is 0 Å². The molecule has 18 heavy (non-hydrogen) atoms. The number of nitrogens with zero attached hydrogens (tertiary/aromatic N) is 1. The van der Waals surface area contributed by atoms with Crippen molar-refractivity contribution in [3.63, 3.8) is 0 Å². The molecule has 3 aliphatic rings. The minimum Gasteiger partial charge on any atom is -0.339 e. The van der Waals surface area contributed by atoms with Gasteiger partial charge in [-0.2, -0.15) is 0 Å². The van der Waals surface area contributed by atoms with Crippen LogP contribution in [0.5, 0.6) is 0 Å². The molecule has 1 aliphatic heterocycles. The van der Waals surface area contributed by atoms with E-state index in [1.54, 1.807) is 0 Å². The largest absolute Gasteiger partial charge is 0.339 e. The lowest BCUT2D eigenvalue weighted by molar-refractivity contribution is -0.144. The number of carbonyl (C=O) groups excluding carboxylic acids is 1. The van der Waals surface area contributed by atoms with Gasteiger partial charge in [0, 0.05) is 19.1 Å². The van der Waals surface area contributed by atoms with Crippen molar-refractivity contribution in [3.8, 4) is 0 Å². The van der Waals surface area contributed by atoms with Gasteiger partial charge in [0.25, 0.3) is 0 Å². The molecule has 3 fully saturated rings. The quantitative estimate of drug-likeness (QED) is 0.809. The van der Waals surface area contributed by atoms with Gasteiger partial charge in [-0.15, -0.1) is 0 Å². The summed E-state index contributed by atoms with van der Waals surface area (Å²) in [6, 6.07) is 0.578. The number of hydrogen-bond donors (Lipinski definition) is 1. The van der Waals surface area contributed by atoms with E-state index in [1.807, 2.05) is 0 Å². The molecule has 1 amide bonds. The molecule has 1 heterocycles. The van der Waals surface area contributed by atoms with Crippen molar-refractivity contribution in [2.24, 2.45) is 17.3 Å². The Morgan fingerprint density at radius 3 is 2.50 bits per heavy atom. The molecular weight excluding hydrogens is 224 g/mol. The Morgan fingerprint density at radius 1 is 1.33 bits per heavy atom. The minimum atomic E-state index is -0.114.